The van der Waals surface area contributed by atoms with Gasteiger partial charge in [-0.2, -0.15) is 4.31 Å². The average molecular weight is 333 g/mol. The largest absolute Gasteiger partial charge is 0.312 e. The first-order valence-corrected chi connectivity index (χ1v) is 8.49. The van der Waals surface area contributed by atoms with E-state index in [1.807, 2.05) is 19.1 Å². The van der Waals surface area contributed by atoms with Crippen LogP contribution in [0.5, 0.6) is 0 Å². The first-order valence-electron chi connectivity index (χ1n) is 7.05. The molecule has 0 saturated carbocycles. The Bertz CT molecular complexity index is 564. The van der Waals surface area contributed by atoms with Gasteiger partial charge in [0.25, 0.3) is 0 Å². The number of hydrogen-bond acceptors (Lipinski definition) is 3. The second kappa shape index (κ2) is 6.65. The first kappa shape index (κ1) is 18.4. The molecule has 1 saturated heterocycles. The van der Waals surface area contributed by atoms with E-state index in [-0.39, 0.29) is 23.9 Å². The number of hydrogen-bond donors (Lipinski definition) is 1. The molecule has 1 aromatic carbocycles. The van der Waals surface area contributed by atoms with Crippen LogP contribution >= 0.6 is 12.4 Å². The molecule has 1 aliphatic rings. The van der Waals surface area contributed by atoms with E-state index < -0.39 is 10.0 Å². The van der Waals surface area contributed by atoms with Crippen LogP contribution in [0, 0.1) is 0 Å². The van der Waals surface area contributed by atoms with E-state index >= 15 is 0 Å². The summed E-state index contributed by atoms with van der Waals surface area (Å²) in [6.07, 6.45) is 0. The van der Waals surface area contributed by atoms with Crippen LogP contribution in [-0.2, 0) is 15.4 Å². The third kappa shape index (κ3) is 4.19. The van der Waals surface area contributed by atoms with Crippen LogP contribution in [-0.4, -0.2) is 38.4 Å². The standard InChI is InChI=1S/C15H24N2O2S.ClH/c1-12-11-17(10-9-16-12)20(18,19)14-7-5-13(6-8-14)15(2,3)4;/h5-8,12,16H,9-11H2,1-4H3;1H/t12-;/m1./s1. The summed E-state index contributed by atoms with van der Waals surface area (Å²) in [6, 6.07) is 7.48. The van der Waals surface area contributed by atoms with Crippen molar-refractivity contribution in [3.63, 3.8) is 0 Å². The number of rotatable bonds is 2. The van der Waals surface area contributed by atoms with Gasteiger partial charge in [-0.1, -0.05) is 32.9 Å². The molecule has 0 radical (unpaired) electrons. The minimum absolute atomic E-state index is 0. The molecule has 1 aromatic rings. The van der Waals surface area contributed by atoms with Gasteiger partial charge >= 0.3 is 0 Å². The zero-order valence-corrected chi connectivity index (χ0v) is 14.7. The van der Waals surface area contributed by atoms with Crippen LogP contribution in [0.4, 0.5) is 0 Å². The Hall–Kier alpha value is -0.620. The topological polar surface area (TPSA) is 49.4 Å². The summed E-state index contributed by atoms with van der Waals surface area (Å²) in [5.74, 6) is 0. The number of sulfonamides is 1. The highest BCUT2D eigenvalue weighted by Gasteiger charge is 2.28. The Morgan fingerprint density at radius 3 is 2.24 bits per heavy atom. The molecule has 2 rings (SSSR count). The van der Waals surface area contributed by atoms with Gasteiger partial charge in [0.2, 0.25) is 10.0 Å². The molecule has 0 unspecified atom stereocenters. The second-order valence-corrected chi connectivity index (χ2v) is 8.43. The van der Waals surface area contributed by atoms with E-state index in [1.54, 1.807) is 16.4 Å². The highest BCUT2D eigenvalue weighted by Crippen LogP contribution is 2.24. The highest BCUT2D eigenvalue weighted by atomic mass is 35.5. The molecule has 120 valence electrons. The maximum atomic E-state index is 12.6. The molecule has 4 nitrogen and oxygen atoms in total. The Labute approximate surface area is 134 Å². The fraction of sp³-hybridized carbons (Fsp3) is 0.600. The van der Waals surface area contributed by atoms with Crippen LogP contribution in [0.15, 0.2) is 29.2 Å². The van der Waals surface area contributed by atoms with Crippen molar-refractivity contribution < 1.29 is 8.42 Å². The summed E-state index contributed by atoms with van der Waals surface area (Å²) in [4.78, 5) is 0.389. The molecule has 1 N–H and O–H groups in total. The predicted octanol–water partition coefficient (Wildman–Crippen LogP) is 2.39. The van der Waals surface area contributed by atoms with E-state index in [2.05, 4.69) is 26.1 Å². The second-order valence-electron chi connectivity index (χ2n) is 6.49. The molecule has 1 heterocycles. The van der Waals surface area contributed by atoms with E-state index in [0.29, 0.717) is 24.5 Å². The Balaban J connectivity index is 0.00000220. The van der Waals surface area contributed by atoms with Crippen molar-refractivity contribution in [2.75, 3.05) is 19.6 Å². The van der Waals surface area contributed by atoms with Crippen LogP contribution in [0.25, 0.3) is 0 Å². The Kier molecular flexibility index (Phi) is 5.83. The SMILES string of the molecule is C[C@@H]1CN(S(=O)(=O)c2ccc(C(C)(C)C)cc2)CCN1.Cl. The van der Waals surface area contributed by atoms with Gasteiger partial charge in [0.05, 0.1) is 4.90 Å². The van der Waals surface area contributed by atoms with Crippen molar-refractivity contribution in [1.29, 1.82) is 0 Å². The van der Waals surface area contributed by atoms with Gasteiger partial charge in [-0.25, -0.2) is 8.42 Å². The van der Waals surface area contributed by atoms with Crippen molar-refractivity contribution in [2.24, 2.45) is 0 Å². The summed E-state index contributed by atoms with van der Waals surface area (Å²) in [5.41, 5.74) is 1.18. The molecular weight excluding hydrogens is 308 g/mol. The summed E-state index contributed by atoms with van der Waals surface area (Å²) in [6.45, 7) is 10.1. The smallest absolute Gasteiger partial charge is 0.243 e. The number of piperazine rings is 1. The summed E-state index contributed by atoms with van der Waals surface area (Å²) in [7, 11) is -3.36. The molecular formula is C15H25ClN2O2S. The zero-order valence-electron chi connectivity index (χ0n) is 13.1. The minimum Gasteiger partial charge on any atom is -0.312 e. The predicted molar refractivity (Wildman–Crippen MR) is 88.6 cm³/mol. The summed E-state index contributed by atoms with van der Waals surface area (Å²) >= 11 is 0. The van der Waals surface area contributed by atoms with Crippen LogP contribution < -0.4 is 5.32 Å². The summed E-state index contributed by atoms with van der Waals surface area (Å²) < 4.78 is 26.8. The number of halogens is 1. The molecule has 21 heavy (non-hydrogen) atoms. The quantitative estimate of drug-likeness (QED) is 0.904. The zero-order chi connectivity index (χ0) is 15.0. The van der Waals surface area contributed by atoms with Crippen molar-refractivity contribution in [3.8, 4) is 0 Å². The normalized spacial score (nSPS) is 20.9. The Morgan fingerprint density at radius 1 is 1.19 bits per heavy atom. The molecule has 0 amide bonds. The van der Waals surface area contributed by atoms with Gasteiger partial charge in [0, 0.05) is 25.7 Å². The van der Waals surface area contributed by atoms with Crippen LogP contribution in [0.2, 0.25) is 0 Å². The van der Waals surface area contributed by atoms with E-state index in [4.69, 9.17) is 0 Å². The van der Waals surface area contributed by atoms with Gasteiger partial charge in [-0.05, 0) is 30.0 Å². The van der Waals surface area contributed by atoms with E-state index in [0.717, 1.165) is 5.56 Å². The van der Waals surface area contributed by atoms with Crippen molar-refractivity contribution in [1.82, 2.24) is 9.62 Å². The molecule has 6 heteroatoms. The van der Waals surface area contributed by atoms with E-state index in [9.17, 15) is 8.42 Å². The van der Waals surface area contributed by atoms with Gasteiger partial charge < -0.3 is 5.32 Å². The summed E-state index contributed by atoms with van der Waals surface area (Å²) in [5, 5.41) is 3.26. The number of benzene rings is 1. The molecule has 0 spiro atoms. The number of nitrogens with zero attached hydrogens (tertiary/aromatic N) is 1. The van der Waals surface area contributed by atoms with Crippen LogP contribution in [0.1, 0.15) is 33.3 Å². The molecule has 0 aliphatic carbocycles. The van der Waals surface area contributed by atoms with E-state index in [1.165, 1.54) is 0 Å². The van der Waals surface area contributed by atoms with Gasteiger partial charge in [0.15, 0.2) is 0 Å². The van der Waals surface area contributed by atoms with Crippen molar-refractivity contribution in [2.45, 2.75) is 44.0 Å². The molecule has 0 aromatic heterocycles. The average Bonchev–Trinajstić information content (AvgIpc) is 2.38. The van der Waals surface area contributed by atoms with Gasteiger partial charge in [-0.15, -0.1) is 12.4 Å². The van der Waals surface area contributed by atoms with Gasteiger partial charge in [0.1, 0.15) is 0 Å². The van der Waals surface area contributed by atoms with Crippen molar-refractivity contribution >= 4 is 22.4 Å². The molecule has 0 bridgehead atoms. The lowest BCUT2D eigenvalue weighted by atomic mass is 9.87. The molecule has 1 atom stereocenters. The fourth-order valence-electron chi connectivity index (χ4n) is 2.39. The Morgan fingerprint density at radius 2 is 1.76 bits per heavy atom. The number of nitrogens with one attached hydrogen (secondary N) is 1. The fourth-order valence-corrected chi connectivity index (χ4v) is 3.92. The minimum atomic E-state index is -3.36. The van der Waals surface area contributed by atoms with Crippen molar-refractivity contribution in [3.05, 3.63) is 29.8 Å². The first-order chi connectivity index (χ1) is 9.21. The lowest BCUT2D eigenvalue weighted by molar-refractivity contribution is 0.310. The van der Waals surface area contributed by atoms with Crippen LogP contribution in [0.3, 0.4) is 0 Å². The maximum Gasteiger partial charge on any atom is 0.243 e. The lowest BCUT2D eigenvalue weighted by Crippen LogP contribution is -2.51. The molecule has 1 fully saturated rings. The molecule has 1 aliphatic heterocycles. The third-order valence-corrected chi connectivity index (χ3v) is 5.57. The monoisotopic (exact) mass is 332 g/mol. The highest BCUT2D eigenvalue weighted by molar-refractivity contribution is 7.89. The third-order valence-electron chi connectivity index (χ3n) is 3.69. The van der Waals surface area contributed by atoms with Gasteiger partial charge in [-0.3, -0.25) is 0 Å². The maximum absolute atomic E-state index is 12.6. The lowest BCUT2D eigenvalue weighted by Gasteiger charge is -2.31.